The van der Waals surface area contributed by atoms with E-state index in [0.717, 1.165) is 6.07 Å². The van der Waals surface area contributed by atoms with Crippen LogP contribution in [0, 0.1) is 5.82 Å². The number of carbonyl (C=O) groups excluding carboxylic acids is 1. The summed E-state index contributed by atoms with van der Waals surface area (Å²) in [4.78, 5) is 11.5. The van der Waals surface area contributed by atoms with Crippen LogP contribution < -0.4 is 11.1 Å². The standard InChI is InChI=1S/C10H12ClFN2O2/c1-16-9(5-13)10(15)14-8-3-2-6(12)4-7(8)11/h2-4,9H,5,13H2,1H3,(H,14,15). The zero-order valence-electron chi connectivity index (χ0n) is 8.67. The molecule has 3 N–H and O–H groups in total. The molecule has 1 unspecified atom stereocenters. The summed E-state index contributed by atoms with van der Waals surface area (Å²) in [5.74, 6) is -0.886. The maximum Gasteiger partial charge on any atom is 0.254 e. The third kappa shape index (κ3) is 3.16. The minimum atomic E-state index is -0.749. The zero-order valence-corrected chi connectivity index (χ0v) is 9.42. The first-order valence-corrected chi connectivity index (χ1v) is 4.95. The van der Waals surface area contributed by atoms with Gasteiger partial charge in [-0.25, -0.2) is 4.39 Å². The van der Waals surface area contributed by atoms with E-state index in [9.17, 15) is 9.18 Å². The molecule has 1 aromatic carbocycles. The lowest BCUT2D eigenvalue weighted by Gasteiger charge is -2.13. The summed E-state index contributed by atoms with van der Waals surface area (Å²) in [5.41, 5.74) is 5.64. The third-order valence-electron chi connectivity index (χ3n) is 1.98. The number of ether oxygens (including phenoxy) is 1. The van der Waals surface area contributed by atoms with Crippen molar-refractivity contribution in [2.24, 2.45) is 5.73 Å². The molecule has 0 saturated carbocycles. The molecular weight excluding hydrogens is 235 g/mol. The van der Waals surface area contributed by atoms with Crippen LogP contribution in [0.3, 0.4) is 0 Å². The molecule has 1 aromatic rings. The number of hydrogen-bond acceptors (Lipinski definition) is 3. The van der Waals surface area contributed by atoms with Crippen LogP contribution in [-0.2, 0) is 9.53 Å². The maximum absolute atomic E-state index is 12.7. The molecule has 0 aliphatic rings. The Balaban J connectivity index is 2.76. The van der Waals surface area contributed by atoms with E-state index in [1.54, 1.807) is 0 Å². The molecule has 16 heavy (non-hydrogen) atoms. The van der Waals surface area contributed by atoms with E-state index >= 15 is 0 Å². The minimum Gasteiger partial charge on any atom is -0.370 e. The van der Waals surface area contributed by atoms with Gasteiger partial charge in [0.25, 0.3) is 5.91 Å². The minimum absolute atomic E-state index is 0.0567. The fraction of sp³-hybridized carbons (Fsp3) is 0.300. The molecule has 0 radical (unpaired) electrons. The van der Waals surface area contributed by atoms with Gasteiger partial charge in [0.2, 0.25) is 0 Å². The fourth-order valence-corrected chi connectivity index (χ4v) is 1.33. The Kier molecular flexibility index (Phi) is 4.67. The van der Waals surface area contributed by atoms with E-state index in [2.05, 4.69) is 5.32 Å². The first-order valence-electron chi connectivity index (χ1n) is 4.57. The summed E-state index contributed by atoms with van der Waals surface area (Å²) in [5, 5.41) is 2.62. The van der Waals surface area contributed by atoms with E-state index in [4.69, 9.17) is 22.1 Å². The molecule has 0 fully saturated rings. The summed E-state index contributed by atoms with van der Waals surface area (Å²) in [7, 11) is 1.38. The van der Waals surface area contributed by atoms with Crippen molar-refractivity contribution >= 4 is 23.2 Å². The Morgan fingerprint density at radius 3 is 2.88 bits per heavy atom. The summed E-state index contributed by atoms with van der Waals surface area (Å²) < 4.78 is 17.6. The predicted octanol–water partition coefficient (Wildman–Crippen LogP) is 1.39. The number of nitrogens with one attached hydrogen (secondary N) is 1. The molecule has 0 spiro atoms. The number of carbonyl (C=O) groups is 1. The molecule has 1 rings (SSSR count). The molecule has 0 aliphatic carbocycles. The number of nitrogens with two attached hydrogens (primary N) is 1. The van der Waals surface area contributed by atoms with Crippen molar-refractivity contribution in [2.45, 2.75) is 6.10 Å². The number of hydrogen-bond donors (Lipinski definition) is 2. The Morgan fingerprint density at radius 1 is 1.69 bits per heavy atom. The fourth-order valence-electron chi connectivity index (χ4n) is 1.11. The highest BCUT2D eigenvalue weighted by Crippen LogP contribution is 2.22. The van der Waals surface area contributed by atoms with Gasteiger partial charge in [0.15, 0.2) is 0 Å². The highest BCUT2D eigenvalue weighted by atomic mass is 35.5. The van der Waals surface area contributed by atoms with Crippen LogP contribution in [0.25, 0.3) is 0 Å². The summed E-state index contributed by atoms with van der Waals surface area (Å²) >= 11 is 5.74. The Hall–Kier alpha value is -1.17. The second kappa shape index (κ2) is 5.79. The molecule has 6 heteroatoms. The van der Waals surface area contributed by atoms with Crippen LogP contribution >= 0.6 is 11.6 Å². The van der Waals surface area contributed by atoms with Gasteiger partial charge in [-0.15, -0.1) is 0 Å². The first kappa shape index (κ1) is 12.9. The summed E-state index contributed by atoms with van der Waals surface area (Å²) in [6.07, 6.45) is -0.749. The predicted molar refractivity (Wildman–Crippen MR) is 59.9 cm³/mol. The van der Waals surface area contributed by atoms with Crippen molar-refractivity contribution in [3.05, 3.63) is 29.0 Å². The van der Waals surface area contributed by atoms with Gasteiger partial charge < -0.3 is 15.8 Å². The van der Waals surface area contributed by atoms with Gasteiger partial charge in [-0.1, -0.05) is 11.6 Å². The highest BCUT2D eigenvalue weighted by molar-refractivity contribution is 6.33. The summed E-state index contributed by atoms with van der Waals surface area (Å²) in [6, 6.07) is 3.69. The van der Waals surface area contributed by atoms with Crippen LogP contribution in [0.5, 0.6) is 0 Å². The number of anilines is 1. The lowest BCUT2D eigenvalue weighted by molar-refractivity contribution is -0.125. The number of amides is 1. The van der Waals surface area contributed by atoms with Crippen molar-refractivity contribution in [3.63, 3.8) is 0 Å². The average Bonchev–Trinajstić information content (AvgIpc) is 2.24. The van der Waals surface area contributed by atoms with E-state index < -0.39 is 17.8 Å². The topological polar surface area (TPSA) is 64.3 Å². The van der Waals surface area contributed by atoms with Crippen LogP contribution in [0.15, 0.2) is 18.2 Å². The van der Waals surface area contributed by atoms with Crippen molar-refractivity contribution in [1.82, 2.24) is 0 Å². The molecule has 0 aliphatic heterocycles. The van der Waals surface area contributed by atoms with E-state index in [0.29, 0.717) is 5.69 Å². The molecule has 4 nitrogen and oxygen atoms in total. The smallest absolute Gasteiger partial charge is 0.254 e. The molecule has 0 saturated heterocycles. The normalized spacial score (nSPS) is 12.2. The number of rotatable bonds is 4. The Bertz CT molecular complexity index is 383. The van der Waals surface area contributed by atoms with Gasteiger partial charge in [0.05, 0.1) is 10.7 Å². The molecule has 0 aromatic heterocycles. The Labute approximate surface area is 97.5 Å². The summed E-state index contributed by atoms with van der Waals surface area (Å²) in [6.45, 7) is 0.0567. The van der Waals surface area contributed by atoms with Crippen molar-refractivity contribution in [2.75, 3.05) is 19.0 Å². The van der Waals surface area contributed by atoms with Crippen LogP contribution in [-0.4, -0.2) is 25.7 Å². The number of benzene rings is 1. The quantitative estimate of drug-likeness (QED) is 0.844. The second-order valence-electron chi connectivity index (χ2n) is 3.07. The number of methoxy groups -OCH3 is 1. The molecule has 0 bridgehead atoms. The molecular formula is C10H12ClFN2O2. The molecule has 88 valence electrons. The largest absolute Gasteiger partial charge is 0.370 e. The van der Waals surface area contributed by atoms with Crippen molar-refractivity contribution in [3.8, 4) is 0 Å². The maximum atomic E-state index is 12.7. The average molecular weight is 247 g/mol. The van der Waals surface area contributed by atoms with Gasteiger partial charge in [0, 0.05) is 13.7 Å². The van der Waals surface area contributed by atoms with Gasteiger partial charge >= 0.3 is 0 Å². The van der Waals surface area contributed by atoms with E-state index in [1.807, 2.05) is 0 Å². The SMILES string of the molecule is COC(CN)C(=O)Nc1ccc(F)cc1Cl. The molecule has 0 heterocycles. The van der Waals surface area contributed by atoms with E-state index in [-0.39, 0.29) is 11.6 Å². The van der Waals surface area contributed by atoms with Crippen molar-refractivity contribution in [1.29, 1.82) is 0 Å². The van der Waals surface area contributed by atoms with Crippen LogP contribution in [0.2, 0.25) is 5.02 Å². The third-order valence-corrected chi connectivity index (χ3v) is 2.29. The van der Waals surface area contributed by atoms with E-state index in [1.165, 1.54) is 19.2 Å². The first-order chi connectivity index (χ1) is 7.58. The lowest BCUT2D eigenvalue weighted by Crippen LogP contribution is -2.35. The van der Waals surface area contributed by atoms with Crippen LogP contribution in [0.4, 0.5) is 10.1 Å². The van der Waals surface area contributed by atoms with Gasteiger partial charge in [0.1, 0.15) is 11.9 Å². The molecule has 1 atom stereocenters. The van der Waals surface area contributed by atoms with Gasteiger partial charge in [-0.05, 0) is 18.2 Å². The Morgan fingerprint density at radius 2 is 2.38 bits per heavy atom. The zero-order chi connectivity index (χ0) is 12.1. The lowest BCUT2D eigenvalue weighted by atomic mass is 10.2. The highest BCUT2D eigenvalue weighted by Gasteiger charge is 2.16. The van der Waals surface area contributed by atoms with Crippen LogP contribution in [0.1, 0.15) is 0 Å². The van der Waals surface area contributed by atoms with Crippen molar-refractivity contribution < 1.29 is 13.9 Å². The second-order valence-corrected chi connectivity index (χ2v) is 3.48. The van der Waals surface area contributed by atoms with Gasteiger partial charge in [-0.3, -0.25) is 4.79 Å². The number of halogens is 2. The van der Waals surface area contributed by atoms with Gasteiger partial charge in [-0.2, -0.15) is 0 Å². The monoisotopic (exact) mass is 246 g/mol. The molecule has 1 amide bonds.